The van der Waals surface area contributed by atoms with Crippen molar-refractivity contribution in [1.29, 1.82) is 0 Å². The maximum Gasteiger partial charge on any atom is 0.265 e. The summed E-state index contributed by atoms with van der Waals surface area (Å²) in [6.45, 7) is 3.49. The van der Waals surface area contributed by atoms with Crippen molar-refractivity contribution in [2.45, 2.75) is 13.8 Å². The number of hydrogen-bond acceptors (Lipinski definition) is 6. The summed E-state index contributed by atoms with van der Waals surface area (Å²) in [6, 6.07) is 11.7. The van der Waals surface area contributed by atoms with Crippen LogP contribution in [0.4, 0.5) is 0 Å². The number of carbonyl (C=O) groups is 1. The Bertz CT molecular complexity index is 1180. The van der Waals surface area contributed by atoms with Gasteiger partial charge in [-0.1, -0.05) is 32.0 Å². The van der Waals surface area contributed by atoms with E-state index in [1.54, 1.807) is 56.3 Å². The lowest BCUT2D eigenvalue weighted by molar-refractivity contribution is -0.123. The molecule has 0 saturated heterocycles. The molecule has 1 heterocycles. The zero-order chi connectivity index (χ0) is 21.8. The third kappa shape index (κ3) is 3.84. The monoisotopic (exact) mass is 409 g/mol. The third-order valence-electron chi connectivity index (χ3n) is 4.62. The van der Waals surface area contributed by atoms with Gasteiger partial charge in [0.2, 0.25) is 11.8 Å². The molecule has 0 radical (unpaired) electrons. The molecule has 0 unspecified atom stereocenters. The number of aromatic hydroxyl groups is 1. The highest BCUT2D eigenvalue weighted by Gasteiger charge is 2.18. The minimum absolute atomic E-state index is 0.242. The van der Waals surface area contributed by atoms with Crippen molar-refractivity contribution in [2.75, 3.05) is 14.2 Å². The molecule has 8 heteroatoms. The Morgan fingerprint density at radius 1 is 1.10 bits per heavy atom. The van der Waals surface area contributed by atoms with Gasteiger partial charge in [0.15, 0.2) is 11.5 Å². The molecule has 2 N–H and O–H groups in total. The van der Waals surface area contributed by atoms with E-state index in [-0.39, 0.29) is 17.7 Å². The number of hydrogen-bond donors (Lipinski definition) is 2. The number of nitrogens with zero attached hydrogens (tertiary/aromatic N) is 2. The number of aromatic nitrogens is 1. The van der Waals surface area contributed by atoms with Gasteiger partial charge in [0, 0.05) is 22.8 Å². The van der Waals surface area contributed by atoms with Crippen molar-refractivity contribution in [3.8, 4) is 23.1 Å². The Balaban J connectivity index is 2.22. The minimum atomic E-state index is -0.404. The lowest BCUT2D eigenvalue weighted by Crippen LogP contribution is -2.23. The van der Waals surface area contributed by atoms with Gasteiger partial charge in [0.25, 0.3) is 5.56 Å². The molecule has 3 rings (SSSR count). The lowest BCUT2D eigenvalue weighted by Gasteiger charge is -2.15. The zero-order valence-corrected chi connectivity index (χ0v) is 17.2. The van der Waals surface area contributed by atoms with E-state index in [9.17, 15) is 14.7 Å². The molecule has 0 fully saturated rings. The van der Waals surface area contributed by atoms with E-state index >= 15 is 0 Å². The molecule has 0 aliphatic rings. The van der Waals surface area contributed by atoms with Gasteiger partial charge in [0.05, 0.1) is 31.7 Å². The molecule has 156 valence electrons. The molecular weight excluding hydrogens is 386 g/mol. The van der Waals surface area contributed by atoms with E-state index in [2.05, 4.69) is 10.5 Å². The van der Waals surface area contributed by atoms with Crippen molar-refractivity contribution in [3.63, 3.8) is 0 Å². The van der Waals surface area contributed by atoms with Gasteiger partial charge in [0.1, 0.15) is 0 Å². The lowest BCUT2D eigenvalue weighted by atomic mass is 10.1. The smallest absolute Gasteiger partial charge is 0.265 e. The maximum absolute atomic E-state index is 13.1. The summed E-state index contributed by atoms with van der Waals surface area (Å²) in [5, 5.41) is 15.8. The second-order valence-corrected chi connectivity index (χ2v) is 6.85. The molecule has 0 aliphatic carbocycles. The first-order valence-corrected chi connectivity index (χ1v) is 9.31. The normalized spacial score (nSPS) is 11.2. The zero-order valence-electron chi connectivity index (χ0n) is 17.2. The van der Waals surface area contributed by atoms with Crippen molar-refractivity contribution in [2.24, 2.45) is 11.0 Å². The Kier molecular flexibility index (Phi) is 6.06. The number of hydrazone groups is 1. The van der Waals surface area contributed by atoms with E-state index in [1.165, 1.54) is 20.4 Å². The second-order valence-electron chi connectivity index (χ2n) is 6.85. The van der Waals surface area contributed by atoms with E-state index < -0.39 is 5.56 Å². The Labute approximate surface area is 173 Å². The quantitative estimate of drug-likeness (QED) is 0.481. The van der Waals surface area contributed by atoms with Gasteiger partial charge in [-0.3, -0.25) is 9.59 Å². The molecule has 1 aromatic heterocycles. The highest BCUT2D eigenvalue weighted by molar-refractivity contribution is 6.02. The number of pyridine rings is 1. The van der Waals surface area contributed by atoms with Crippen molar-refractivity contribution in [3.05, 3.63) is 58.4 Å². The average molecular weight is 409 g/mol. The number of fused-ring (bicyclic) bond motifs is 1. The fourth-order valence-corrected chi connectivity index (χ4v) is 2.98. The molecule has 8 nitrogen and oxygen atoms in total. The van der Waals surface area contributed by atoms with Crippen molar-refractivity contribution >= 4 is 22.9 Å². The van der Waals surface area contributed by atoms with Gasteiger partial charge in [-0.15, -0.1) is 0 Å². The highest BCUT2D eigenvalue weighted by Crippen LogP contribution is 2.32. The van der Waals surface area contributed by atoms with E-state index in [4.69, 9.17) is 9.47 Å². The fraction of sp³-hybridized carbons (Fsp3) is 0.227. The molecule has 30 heavy (non-hydrogen) atoms. The van der Waals surface area contributed by atoms with Crippen molar-refractivity contribution in [1.82, 2.24) is 9.99 Å². The molecule has 0 atom stereocenters. The summed E-state index contributed by atoms with van der Waals surface area (Å²) in [6.07, 6.45) is 1.33. The number of nitrogens with one attached hydrogen (secondary N) is 1. The largest absolute Gasteiger partial charge is 0.494 e. The SMILES string of the molecule is COc1ccc(-n2c(O)c(C=NNC(=O)C(C)C)c3ccccc3c2=O)cc1OC. The predicted octanol–water partition coefficient (Wildman–Crippen LogP) is 2.82. The van der Waals surface area contributed by atoms with Gasteiger partial charge in [-0.2, -0.15) is 5.10 Å². The molecule has 0 spiro atoms. The summed E-state index contributed by atoms with van der Waals surface area (Å²) < 4.78 is 11.7. The topological polar surface area (TPSA) is 102 Å². The van der Waals surface area contributed by atoms with E-state index in [0.29, 0.717) is 33.5 Å². The van der Waals surface area contributed by atoms with Crippen LogP contribution in [-0.2, 0) is 4.79 Å². The summed E-state index contributed by atoms with van der Waals surface area (Å²) in [5.74, 6) is 0.0894. The number of carbonyl (C=O) groups excluding carboxylic acids is 1. The van der Waals surface area contributed by atoms with Gasteiger partial charge >= 0.3 is 0 Å². The molecule has 0 bridgehead atoms. The van der Waals surface area contributed by atoms with Gasteiger partial charge in [-0.25, -0.2) is 9.99 Å². The summed E-state index contributed by atoms with van der Waals surface area (Å²) in [7, 11) is 3.00. The Morgan fingerprint density at radius 2 is 1.77 bits per heavy atom. The Morgan fingerprint density at radius 3 is 2.40 bits per heavy atom. The van der Waals surface area contributed by atoms with E-state index in [0.717, 1.165) is 4.57 Å². The maximum atomic E-state index is 13.1. The van der Waals surface area contributed by atoms with Crippen LogP contribution < -0.4 is 20.5 Å². The molecule has 0 aliphatic heterocycles. The highest BCUT2D eigenvalue weighted by atomic mass is 16.5. The van der Waals surface area contributed by atoms with Crippen LogP contribution in [0.5, 0.6) is 17.4 Å². The number of benzene rings is 2. The minimum Gasteiger partial charge on any atom is -0.494 e. The van der Waals surface area contributed by atoms with Crippen LogP contribution in [0.2, 0.25) is 0 Å². The molecule has 3 aromatic rings. The second kappa shape index (κ2) is 8.69. The Hall–Kier alpha value is -3.81. The number of methoxy groups -OCH3 is 2. The fourth-order valence-electron chi connectivity index (χ4n) is 2.98. The van der Waals surface area contributed by atoms with Crippen LogP contribution in [0.1, 0.15) is 19.4 Å². The third-order valence-corrected chi connectivity index (χ3v) is 4.62. The van der Waals surface area contributed by atoms with Gasteiger partial charge in [-0.05, 0) is 18.2 Å². The predicted molar refractivity (Wildman–Crippen MR) is 115 cm³/mol. The number of amides is 1. The molecule has 0 saturated carbocycles. The van der Waals surface area contributed by atoms with Crippen LogP contribution in [0.15, 0.2) is 52.4 Å². The van der Waals surface area contributed by atoms with Crippen molar-refractivity contribution < 1.29 is 19.4 Å². The van der Waals surface area contributed by atoms with Crippen LogP contribution in [0, 0.1) is 5.92 Å². The summed E-state index contributed by atoms with van der Waals surface area (Å²) in [5.41, 5.74) is 2.71. The first-order chi connectivity index (χ1) is 14.4. The van der Waals surface area contributed by atoms with Crippen LogP contribution in [0.3, 0.4) is 0 Å². The molecule has 2 aromatic carbocycles. The van der Waals surface area contributed by atoms with Crippen LogP contribution in [-0.4, -0.2) is 36.0 Å². The van der Waals surface area contributed by atoms with Crippen LogP contribution in [0.25, 0.3) is 16.5 Å². The number of ether oxygens (including phenoxy) is 2. The average Bonchev–Trinajstić information content (AvgIpc) is 2.75. The van der Waals surface area contributed by atoms with Gasteiger partial charge < -0.3 is 14.6 Å². The number of rotatable bonds is 6. The summed E-state index contributed by atoms with van der Waals surface area (Å²) in [4.78, 5) is 24.9. The first kappa shape index (κ1) is 20.9. The summed E-state index contributed by atoms with van der Waals surface area (Å²) >= 11 is 0. The van der Waals surface area contributed by atoms with Crippen LogP contribution >= 0.6 is 0 Å². The van der Waals surface area contributed by atoms with E-state index in [1.807, 2.05) is 0 Å². The molecular formula is C22H23N3O5. The standard InChI is InChI=1S/C22H23N3O5/c1-13(2)20(26)24-23-12-17-15-7-5-6-8-16(15)21(27)25(22(17)28)14-9-10-18(29-3)19(11-14)30-4/h5-13,28H,1-4H3,(H,24,26). The first-order valence-electron chi connectivity index (χ1n) is 9.31. The molecule has 1 amide bonds.